The molecular formula is C14H17FN2. The summed E-state index contributed by atoms with van der Waals surface area (Å²) in [6.45, 7) is 3.76. The van der Waals surface area contributed by atoms with Gasteiger partial charge in [0.1, 0.15) is 5.82 Å². The van der Waals surface area contributed by atoms with Gasteiger partial charge in [0.15, 0.2) is 0 Å². The molecule has 90 valence electrons. The molecule has 2 rings (SSSR count). The minimum atomic E-state index is -0.203. The maximum atomic E-state index is 13.7. The average Bonchev–Trinajstić information content (AvgIpc) is 3.15. The zero-order valence-electron chi connectivity index (χ0n) is 10.1. The second kappa shape index (κ2) is 5.29. The lowest BCUT2D eigenvalue weighted by atomic mass is 10.1. The first kappa shape index (κ1) is 12.1. The van der Waals surface area contributed by atoms with Crippen molar-refractivity contribution in [1.82, 2.24) is 4.90 Å². The normalized spacial score (nSPS) is 14.9. The van der Waals surface area contributed by atoms with Crippen LogP contribution in [-0.4, -0.2) is 17.5 Å². The van der Waals surface area contributed by atoms with Gasteiger partial charge in [-0.25, -0.2) is 4.39 Å². The lowest BCUT2D eigenvalue weighted by Gasteiger charge is -2.21. The molecule has 0 atom stereocenters. The van der Waals surface area contributed by atoms with Gasteiger partial charge in [0.2, 0.25) is 0 Å². The molecule has 0 unspecified atom stereocenters. The Hall–Kier alpha value is -1.40. The summed E-state index contributed by atoms with van der Waals surface area (Å²) in [5, 5.41) is 8.83. The Morgan fingerprint density at radius 1 is 1.47 bits per heavy atom. The smallest absolute Gasteiger partial charge is 0.127 e. The van der Waals surface area contributed by atoms with E-state index in [1.165, 1.54) is 25.0 Å². The molecule has 1 aliphatic carbocycles. The third-order valence-corrected chi connectivity index (χ3v) is 3.12. The van der Waals surface area contributed by atoms with Gasteiger partial charge < -0.3 is 0 Å². The molecule has 1 aromatic rings. The molecule has 0 amide bonds. The molecule has 1 fully saturated rings. The van der Waals surface area contributed by atoms with Crippen LogP contribution in [0.25, 0.3) is 0 Å². The molecular weight excluding hydrogens is 215 g/mol. The van der Waals surface area contributed by atoms with Gasteiger partial charge in [-0.2, -0.15) is 5.26 Å². The van der Waals surface area contributed by atoms with Crippen molar-refractivity contribution in [2.24, 2.45) is 0 Å². The molecule has 1 saturated carbocycles. The summed E-state index contributed by atoms with van der Waals surface area (Å²) in [6, 6.07) is 7.27. The van der Waals surface area contributed by atoms with Gasteiger partial charge in [0.05, 0.1) is 11.6 Å². The quantitative estimate of drug-likeness (QED) is 0.780. The zero-order valence-corrected chi connectivity index (χ0v) is 10.1. The molecule has 0 saturated heterocycles. The van der Waals surface area contributed by atoms with Crippen LogP contribution in [0.15, 0.2) is 18.2 Å². The summed E-state index contributed by atoms with van der Waals surface area (Å²) in [6.07, 6.45) is 3.52. The Labute approximate surface area is 102 Å². The molecule has 3 heteroatoms. The molecule has 2 nitrogen and oxygen atoms in total. The van der Waals surface area contributed by atoms with Gasteiger partial charge in [-0.3, -0.25) is 4.90 Å². The summed E-state index contributed by atoms with van der Waals surface area (Å²) < 4.78 is 13.7. The van der Waals surface area contributed by atoms with E-state index in [1.807, 2.05) is 0 Å². The van der Waals surface area contributed by atoms with Crippen LogP contribution in [0.5, 0.6) is 0 Å². The molecule has 0 heterocycles. The monoisotopic (exact) mass is 232 g/mol. The molecule has 1 aromatic carbocycles. The average molecular weight is 232 g/mol. The SMILES string of the molecule is CCCN(Cc1cc(C#N)ccc1F)C1CC1. The number of hydrogen-bond donors (Lipinski definition) is 0. The lowest BCUT2D eigenvalue weighted by molar-refractivity contribution is 0.252. The number of nitrogens with zero attached hydrogens (tertiary/aromatic N) is 2. The number of halogens is 1. The van der Waals surface area contributed by atoms with Crippen LogP contribution < -0.4 is 0 Å². The molecule has 17 heavy (non-hydrogen) atoms. The van der Waals surface area contributed by atoms with Gasteiger partial charge in [0.25, 0.3) is 0 Å². The predicted molar refractivity (Wildman–Crippen MR) is 64.8 cm³/mol. The maximum absolute atomic E-state index is 13.7. The van der Waals surface area contributed by atoms with Crippen molar-refractivity contribution in [3.8, 4) is 6.07 Å². The molecule has 0 bridgehead atoms. The fourth-order valence-electron chi connectivity index (χ4n) is 2.10. The Bertz CT molecular complexity index is 432. The number of benzene rings is 1. The summed E-state index contributed by atoms with van der Waals surface area (Å²) in [5.41, 5.74) is 1.18. The Balaban J connectivity index is 2.13. The topological polar surface area (TPSA) is 27.0 Å². The van der Waals surface area contributed by atoms with E-state index in [2.05, 4.69) is 17.9 Å². The fraction of sp³-hybridized carbons (Fsp3) is 0.500. The molecule has 0 radical (unpaired) electrons. The number of nitriles is 1. The van der Waals surface area contributed by atoms with Gasteiger partial charge in [-0.05, 0) is 44.0 Å². The predicted octanol–water partition coefficient (Wildman–Crippen LogP) is 3.07. The van der Waals surface area contributed by atoms with Crippen molar-refractivity contribution in [3.05, 3.63) is 35.1 Å². The van der Waals surface area contributed by atoms with E-state index in [1.54, 1.807) is 6.07 Å². The van der Waals surface area contributed by atoms with E-state index in [0.29, 0.717) is 23.7 Å². The van der Waals surface area contributed by atoms with E-state index < -0.39 is 0 Å². The van der Waals surface area contributed by atoms with Crippen LogP contribution >= 0.6 is 0 Å². The highest BCUT2D eigenvalue weighted by atomic mass is 19.1. The third kappa shape index (κ3) is 3.04. The maximum Gasteiger partial charge on any atom is 0.127 e. The van der Waals surface area contributed by atoms with E-state index >= 15 is 0 Å². The van der Waals surface area contributed by atoms with E-state index in [9.17, 15) is 4.39 Å². The van der Waals surface area contributed by atoms with Crippen LogP contribution in [-0.2, 0) is 6.54 Å². The van der Waals surface area contributed by atoms with E-state index in [0.717, 1.165) is 13.0 Å². The minimum absolute atomic E-state index is 0.203. The zero-order chi connectivity index (χ0) is 12.3. The first-order valence-corrected chi connectivity index (χ1v) is 6.17. The number of hydrogen-bond acceptors (Lipinski definition) is 2. The highest BCUT2D eigenvalue weighted by molar-refractivity contribution is 5.33. The molecule has 0 N–H and O–H groups in total. The molecule has 0 aromatic heterocycles. The number of rotatable bonds is 5. The van der Waals surface area contributed by atoms with E-state index in [-0.39, 0.29) is 5.82 Å². The van der Waals surface area contributed by atoms with Crippen molar-refractivity contribution in [1.29, 1.82) is 5.26 Å². The summed E-state index contributed by atoms with van der Waals surface area (Å²) >= 11 is 0. The third-order valence-electron chi connectivity index (χ3n) is 3.12. The first-order chi connectivity index (χ1) is 8.24. The van der Waals surface area contributed by atoms with Crippen LogP contribution in [0.2, 0.25) is 0 Å². The minimum Gasteiger partial charge on any atom is -0.296 e. The fourth-order valence-corrected chi connectivity index (χ4v) is 2.10. The summed E-state index contributed by atoms with van der Waals surface area (Å²) in [7, 11) is 0. The largest absolute Gasteiger partial charge is 0.296 e. The summed E-state index contributed by atoms with van der Waals surface area (Å²) in [4.78, 5) is 2.32. The van der Waals surface area contributed by atoms with Gasteiger partial charge in [-0.15, -0.1) is 0 Å². The van der Waals surface area contributed by atoms with Gasteiger partial charge in [-0.1, -0.05) is 6.92 Å². The summed E-state index contributed by atoms with van der Waals surface area (Å²) in [5.74, 6) is -0.203. The van der Waals surface area contributed by atoms with Crippen molar-refractivity contribution in [2.45, 2.75) is 38.8 Å². The van der Waals surface area contributed by atoms with Gasteiger partial charge >= 0.3 is 0 Å². The van der Waals surface area contributed by atoms with E-state index in [4.69, 9.17) is 5.26 Å². The van der Waals surface area contributed by atoms with Crippen LogP contribution in [0.1, 0.15) is 37.3 Å². The van der Waals surface area contributed by atoms with Crippen molar-refractivity contribution in [2.75, 3.05) is 6.54 Å². The second-order valence-electron chi connectivity index (χ2n) is 4.62. The highest BCUT2D eigenvalue weighted by Crippen LogP contribution is 2.29. The van der Waals surface area contributed by atoms with Gasteiger partial charge in [0, 0.05) is 18.2 Å². The standard InChI is InChI=1S/C14H17FN2/c1-2-7-17(13-4-5-13)10-12-8-11(9-16)3-6-14(12)15/h3,6,8,13H,2,4-5,7,10H2,1H3. The highest BCUT2D eigenvalue weighted by Gasteiger charge is 2.28. The molecule has 1 aliphatic rings. The van der Waals surface area contributed by atoms with Crippen LogP contribution in [0, 0.1) is 17.1 Å². The second-order valence-corrected chi connectivity index (χ2v) is 4.62. The molecule has 0 spiro atoms. The van der Waals surface area contributed by atoms with Crippen molar-refractivity contribution >= 4 is 0 Å². The lowest BCUT2D eigenvalue weighted by Crippen LogP contribution is -2.26. The Morgan fingerprint density at radius 2 is 2.24 bits per heavy atom. The van der Waals surface area contributed by atoms with Crippen LogP contribution in [0.3, 0.4) is 0 Å². The van der Waals surface area contributed by atoms with Crippen LogP contribution in [0.4, 0.5) is 4.39 Å². The Morgan fingerprint density at radius 3 is 2.82 bits per heavy atom. The van der Waals surface area contributed by atoms with Crippen molar-refractivity contribution < 1.29 is 4.39 Å². The first-order valence-electron chi connectivity index (χ1n) is 6.17. The Kier molecular flexibility index (Phi) is 3.75. The van der Waals surface area contributed by atoms with Crippen molar-refractivity contribution in [3.63, 3.8) is 0 Å². The molecule has 0 aliphatic heterocycles.